The molecule has 1 heterocycles. The van der Waals surface area contributed by atoms with E-state index in [1.807, 2.05) is 13.8 Å². The first-order chi connectivity index (χ1) is 13.9. The number of amides is 3. The number of nitrogens with one attached hydrogen (secondary N) is 1. The van der Waals surface area contributed by atoms with Crippen LogP contribution < -0.4 is 16.0 Å². The van der Waals surface area contributed by atoms with Crippen molar-refractivity contribution in [3.8, 4) is 0 Å². The van der Waals surface area contributed by atoms with Crippen LogP contribution in [0.5, 0.6) is 0 Å². The molecule has 1 fully saturated rings. The van der Waals surface area contributed by atoms with Gasteiger partial charge in [-0.2, -0.15) is 13.2 Å². The van der Waals surface area contributed by atoms with Crippen LogP contribution in [0.4, 0.5) is 24.5 Å². The number of nitrogens with zero attached hydrogens (tertiary/aromatic N) is 2. The fourth-order valence-corrected chi connectivity index (χ4v) is 3.26. The van der Waals surface area contributed by atoms with E-state index in [0.29, 0.717) is 6.54 Å². The second-order valence-corrected chi connectivity index (χ2v) is 7.45. The van der Waals surface area contributed by atoms with Crippen LogP contribution in [0.2, 0.25) is 0 Å². The third kappa shape index (κ3) is 5.70. The lowest BCUT2D eigenvalue weighted by Gasteiger charge is -2.28. The number of hydrogen-bond donors (Lipinski definition) is 2. The van der Waals surface area contributed by atoms with Crippen LogP contribution in [-0.2, 0) is 25.3 Å². The molecule has 2 rings (SSSR count). The van der Waals surface area contributed by atoms with Crippen molar-refractivity contribution in [2.24, 2.45) is 11.7 Å². The molecule has 1 aliphatic rings. The largest absolute Gasteiger partial charge is 0.418 e. The van der Waals surface area contributed by atoms with Crippen molar-refractivity contribution in [3.05, 3.63) is 23.8 Å². The number of primary amides is 1. The molecular formula is C19H25F3N4O4. The number of benzene rings is 1. The molecule has 0 unspecified atom stereocenters. The molecule has 8 nitrogen and oxygen atoms in total. The fourth-order valence-electron chi connectivity index (χ4n) is 3.26. The first-order valence-corrected chi connectivity index (χ1v) is 9.31. The summed E-state index contributed by atoms with van der Waals surface area (Å²) in [5.74, 6) is -2.30. The number of carbonyl (C=O) groups excluding carboxylic acids is 3. The molecule has 1 saturated heterocycles. The summed E-state index contributed by atoms with van der Waals surface area (Å²) in [6.45, 7) is 4.16. The Morgan fingerprint density at radius 1 is 1.33 bits per heavy atom. The van der Waals surface area contributed by atoms with Gasteiger partial charge in [-0.05, 0) is 31.2 Å². The molecule has 3 amide bonds. The zero-order valence-corrected chi connectivity index (χ0v) is 17.0. The van der Waals surface area contributed by atoms with Crippen molar-refractivity contribution in [1.82, 2.24) is 4.90 Å². The Morgan fingerprint density at radius 2 is 2.00 bits per heavy atom. The average Bonchev–Trinajstić information content (AvgIpc) is 2.60. The van der Waals surface area contributed by atoms with Crippen LogP contribution in [0.25, 0.3) is 0 Å². The zero-order valence-electron chi connectivity index (χ0n) is 17.0. The monoisotopic (exact) mass is 430 g/mol. The zero-order chi connectivity index (χ0) is 22.6. The highest BCUT2D eigenvalue weighted by atomic mass is 19.4. The molecule has 11 heteroatoms. The number of nitrogens with two attached hydrogens (primary N) is 1. The summed E-state index contributed by atoms with van der Waals surface area (Å²) in [4.78, 5) is 38.9. The Kier molecular flexibility index (Phi) is 7.43. The molecule has 1 aliphatic heterocycles. The summed E-state index contributed by atoms with van der Waals surface area (Å²) in [5, 5.41) is 2.16. The van der Waals surface area contributed by atoms with Gasteiger partial charge in [-0.25, -0.2) is 0 Å². The first kappa shape index (κ1) is 23.6. The highest BCUT2D eigenvalue weighted by Gasteiger charge is 2.37. The maximum Gasteiger partial charge on any atom is 0.418 e. The van der Waals surface area contributed by atoms with E-state index >= 15 is 0 Å². The van der Waals surface area contributed by atoms with Gasteiger partial charge in [0.15, 0.2) is 6.04 Å². The molecule has 0 saturated carbocycles. The number of hydrogen-bond acceptors (Lipinski definition) is 5. The quantitative estimate of drug-likeness (QED) is 0.637. The summed E-state index contributed by atoms with van der Waals surface area (Å²) in [5.41, 5.74) is 3.68. The van der Waals surface area contributed by atoms with Crippen molar-refractivity contribution in [2.75, 3.05) is 43.6 Å². The maximum absolute atomic E-state index is 13.7. The van der Waals surface area contributed by atoms with E-state index in [-0.39, 0.29) is 31.4 Å². The number of ether oxygens (including phenoxy) is 1. The van der Waals surface area contributed by atoms with Crippen molar-refractivity contribution < 1.29 is 32.3 Å². The number of likely N-dealkylation sites (N-methyl/N-ethyl adjacent to an activating group) is 1. The minimum atomic E-state index is -4.81. The van der Waals surface area contributed by atoms with Gasteiger partial charge >= 0.3 is 6.18 Å². The highest BCUT2D eigenvalue weighted by molar-refractivity contribution is 6.10. The van der Waals surface area contributed by atoms with E-state index < -0.39 is 41.2 Å². The van der Waals surface area contributed by atoms with E-state index in [0.717, 1.165) is 12.1 Å². The van der Waals surface area contributed by atoms with Crippen LogP contribution in [0.15, 0.2) is 18.2 Å². The van der Waals surface area contributed by atoms with Gasteiger partial charge in [0.05, 0.1) is 17.9 Å². The Bertz CT molecular complexity index is 813. The third-order valence-corrected chi connectivity index (χ3v) is 4.48. The lowest BCUT2D eigenvalue weighted by atomic mass is 10.1. The topological polar surface area (TPSA) is 105 Å². The van der Waals surface area contributed by atoms with Crippen LogP contribution in [0.3, 0.4) is 0 Å². The van der Waals surface area contributed by atoms with E-state index in [1.54, 1.807) is 0 Å². The van der Waals surface area contributed by atoms with Gasteiger partial charge in [-0.1, -0.05) is 13.8 Å². The van der Waals surface area contributed by atoms with Crippen molar-refractivity contribution in [3.63, 3.8) is 0 Å². The molecule has 166 valence electrons. The third-order valence-electron chi connectivity index (χ3n) is 4.48. The molecule has 30 heavy (non-hydrogen) atoms. The molecule has 0 bridgehead atoms. The standard InChI is InChI=1S/C19H25F3N4O4/c1-11(2)9-25(3)16(17(23)28)18(29)24-14-5-4-12(8-13(14)19(20,21)22)26-6-7-30-10-15(26)27/h4-5,8,11,16H,6-7,9-10H2,1-3H3,(H2,23,28)(H,24,29)/t16-/m0/s1. The Hall–Kier alpha value is -2.66. The molecule has 0 aliphatic carbocycles. The molecule has 1 aromatic carbocycles. The molecule has 0 aromatic heterocycles. The SMILES string of the molecule is CC(C)CN(C)[C@@H](C(N)=O)C(=O)Nc1ccc(N2CCOCC2=O)cc1C(F)(F)F. The van der Waals surface area contributed by atoms with Crippen LogP contribution in [0.1, 0.15) is 19.4 Å². The second kappa shape index (κ2) is 9.43. The van der Waals surface area contributed by atoms with E-state index in [4.69, 9.17) is 10.5 Å². The number of anilines is 2. The summed E-state index contributed by atoms with van der Waals surface area (Å²) < 4.78 is 45.9. The van der Waals surface area contributed by atoms with Crippen molar-refractivity contribution in [2.45, 2.75) is 26.1 Å². The van der Waals surface area contributed by atoms with Gasteiger partial charge in [0.1, 0.15) is 6.61 Å². The lowest BCUT2D eigenvalue weighted by molar-refractivity contribution is -0.137. The molecule has 1 aromatic rings. The second-order valence-electron chi connectivity index (χ2n) is 7.45. The van der Waals surface area contributed by atoms with Gasteiger partial charge in [-0.3, -0.25) is 19.3 Å². The van der Waals surface area contributed by atoms with E-state index in [2.05, 4.69) is 5.32 Å². The van der Waals surface area contributed by atoms with Crippen molar-refractivity contribution in [1.29, 1.82) is 0 Å². The normalized spacial score (nSPS) is 16.1. The molecule has 0 spiro atoms. The number of carbonyl (C=O) groups is 3. The molecule has 0 radical (unpaired) electrons. The lowest BCUT2D eigenvalue weighted by Crippen LogP contribution is -2.51. The number of morpholine rings is 1. The number of halogens is 3. The van der Waals surface area contributed by atoms with Crippen LogP contribution in [0, 0.1) is 5.92 Å². The molecule has 1 atom stereocenters. The van der Waals surface area contributed by atoms with Crippen molar-refractivity contribution >= 4 is 29.1 Å². The predicted molar refractivity (Wildman–Crippen MR) is 104 cm³/mol. The van der Waals surface area contributed by atoms with E-state index in [1.165, 1.54) is 22.9 Å². The summed E-state index contributed by atoms with van der Waals surface area (Å²) in [6.07, 6.45) is -4.81. The summed E-state index contributed by atoms with van der Waals surface area (Å²) >= 11 is 0. The van der Waals surface area contributed by atoms with E-state index in [9.17, 15) is 27.6 Å². The molecule has 3 N–H and O–H groups in total. The highest BCUT2D eigenvalue weighted by Crippen LogP contribution is 2.37. The maximum atomic E-state index is 13.7. The Morgan fingerprint density at radius 3 is 2.53 bits per heavy atom. The van der Waals surface area contributed by atoms with Gasteiger partial charge < -0.3 is 20.7 Å². The molecular weight excluding hydrogens is 405 g/mol. The van der Waals surface area contributed by atoms with Crippen LogP contribution in [-0.4, -0.2) is 62.0 Å². The number of alkyl halides is 3. The summed E-state index contributed by atoms with van der Waals surface area (Å²) in [6, 6.07) is 1.70. The van der Waals surface area contributed by atoms with Gasteiger partial charge in [0.2, 0.25) is 5.91 Å². The van der Waals surface area contributed by atoms with Gasteiger partial charge in [-0.15, -0.1) is 0 Å². The minimum Gasteiger partial charge on any atom is -0.370 e. The van der Waals surface area contributed by atoms with Gasteiger partial charge in [0, 0.05) is 18.8 Å². The Labute approximate surface area is 172 Å². The number of rotatable bonds is 7. The Balaban J connectivity index is 2.34. The predicted octanol–water partition coefficient (Wildman–Crippen LogP) is 1.45. The fraction of sp³-hybridized carbons (Fsp3) is 0.526. The van der Waals surface area contributed by atoms with Crippen LogP contribution >= 0.6 is 0 Å². The minimum absolute atomic E-state index is 0.0389. The van der Waals surface area contributed by atoms with Gasteiger partial charge in [0.25, 0.3) is 11.8 Å². The smallest absolute Gasteiger partial charge is 0.370 e. The summed E-state index contributed by atoms with van der Waals surface area (Å²) in [7, 11) is 1.49. The first-order valence-electron chi connectivity index (χ1n) is 9.31. The average molecular weight is 430 g/mol.